The Morgan fingerprint density at radius 1 is 1.02 bits per heavy atom. The molecule has 220 valence electrons. The summed E-state index contributed by atoms with van der Waals surface area (Å²) in [7, 11) is 4.05. The number of benzene rings is 2. The van der Waals surface area contributed by atoms with Crippen LogP contribution < -0.4 is 5.32 Å². The molecule has 2 aliphatic rings. The third kappa shape index (κ3) is 4.47. The molecule has 2 aliphatic carbocycles. The van der Waals surface area contributed by atoms with Gasteiger partial charge in [0.15, 0.2) is 0 Å². The molecule has 0 aliphatic heterocycles. The molecule has 43 heavy (non-hydrogen) atoms. The number of nitrogens with one attached hydrogen (secondary N) is 1. The summed E-state index contributed by atoms with van der Waals surface area (Å²) in [6.07, 6.45) is 12.7. The van der Waals surface area contributed by atoms with E-state index in [1.165, 1.54) is 42.3 Å². The average molecular weight is 577 g/mol. The van der Waals surface area contributed by atoms with E-state index in [-0.39, 0.29) is 11.5 Å². The van der Waals surface area contributed by atoms with E-state index >= 15 is 0 Å². The molecule has 2 aromatic carbocycles. The van der Waals surface area contributed by atoms with Gasteiger partial charge in [0.25, 0.3) is 5.91 Å². The summed E-state index contributed by atoms with van der Waals surface area (Å²) < 4.78 is 9.72. The predicted octanol–water partition coefficient (Wildman–Crippen LogP) is 7.28. The molecule has 8 heteroatoms. The van der Waals surface area contributed by atoms with Crippen LogP contribution in [-0.4, -0.2) is 31.1 Å². The number of rotatable bonds is 7. The topological polar surface area (TPSA) is 102 Å². The van der Waals surface area contributed by atoms with E-state index in [1.54, 1.807) is 19.3 Å². The molecule has 7 rings (SSSR count). The Bertz CT molecular complexity index is 1910. The lowest BCUT2D eigenvalue weighted by Gasteiger charge is -2.41. The third-order valence-corrected chi connectivity index (χ3v) is 9.67. The minimum absolute atomic E-state index is 0.108. The van der Waals surface area contributed by atoms with E-state index in [0.29, 0.717) is 11.5 Å². The number of aliphatic carboxylic acids is 1. The summed E-state index contributed by atoms with van der Waals surface area (Å²) in [5, 5.41) is 13.9. The van der Waals surface area contributed by atoms with Gasteiger partial charge in [-0.25, -0.2) is 9.78 Å². The molecule has 0 radical (unpaired) electrons. The van der Waals surface area contributed by atoms with Crippen LogP contribution in [0.3, 0.4) is 0 Å². The van der Waals surface area contributed by atoms with Gasteiger partial charge in [0.2, 0.25) is 0 Å². The van der Waals surface area contributed by atoms with Crippen molar-refractivity contribution in [3.63, 3.8) is 0 Å². The van der Waals surface area contributed by atoms with Crippen LogP contribution in [0.4, 0.5) is 0 Å². The molecule has 3 aromatic heterocycles. The van der Waals surface area contributed by atoms with Gasteiger partial charge < -0.3 is 24.0 Å². The molecule has 0 atom stereocenters. The van der Waals surface area contributed by atoms with Crippen LogP contribution in [0.1, 0.15) is 85.1 Å². The fourth-order valence-corrected chi connectivity index (χ4v) is 7.24. The van der Waals surface area contributed by atoms with E-state index < -0.39 is 11.5 Å². The number of fused-ring (bicyclic) bond motifs is 2. The average Bonchev–Trinajstić information content (AvgIpc) is 3.78. The molecule has 0 bridgehead atoms. The molecule has 2 N–H and O–H groups in total. The van der Waals surface area contributed by atoms with E-state index in [9.17, 15) is 14.7 Å². The number of carboxylic acids is 1. The Morgan fingerprint density at radius 2 is 1.81 bits per heavy atom. The summed E-state index contributed by atoms with van der Waals surface area (Å²) in [6.45, 7) is 1.58. The molecule has 0 spiro atoms. The standard InChI is InChI=1S/C35H36N4O4/c1-21(33(41)42)17-22-9-12-27-29(18-22)39(3)34(36-27)35(14-6-15-35)37-32(40)24-10-11-26-28(19-24)38(2)31(25-13-16-43-20-25)30(26)23-7-4-5-8-23/h9-13,16-20,23H,4-8,14-15H2,1-3H3,(H,37,40)(H,41,42)/b21-17+. The monoisotopic (exact) mass is 576 g/mol. The number of aromatic nitrogens is 3. The number of nitrogens with zero attached hydrogens (tertiary/aromatic N) is 3. The molecule has 2 saturated carbocycles. The molecule has 0 unspecified atom stereocenters. The van der Waals surface area contributed by atoms with Crippen molar-refractivity contribution in [1.82, 2.24) is 19.4 Å². The lowest BCUT2D eigenvalue weighted by Crippen LogP contribution is -2.52. The zero-order valence-electron chi connectivity index (χ0n) is 24.8. The number of imidazole rings is 1. The lowest BCUT2D eigenvalue weighted by molar-refractivity contribution is -0.132. The summed E-state index contributed by atoms with van der Waals surface area (Å²) in [6, 6.07) is 13.9. The van der Waals surface area contributed by atoms with Gasteiger partial charge >= 0.3 is 5.97 Å². The number of hydrogen-bond donors (Lipinski definition) is 2. The quantitative estimate of drug-likeness (QED) is 0.198. The highest BCUT2D eigenvalue weighted by Crippen LogP contribution is 2.45. The maximum absolute atomic E-state index is 13.9. The maximum atomic E-state index is 13.9. The third-order valence-electron chi connectivity index (χ3n) is 9.67. The Morgan fingerprint density at radius 3 is 2.49 bits per heavy atom. The second kappa shape index (κ2) is 10.3. The fourth-order valence-electron chi connectivity index (χ4n) is 7.24. The van der Waals surface area contributed by atoms with Gasteiger partial charge in [0, 0.05) is 41.7 Å². The Labute approximate surface area is 250 Å². The van der Waals surface area contributed by atoms with Gasteiger partial charge in [0.05, 0.1) is 34.8 Å². The summed E-state index contributed by atoms with van der Waals surface area (Å²) in [4.78, 5) is 30.2. The van der Waals surface area contributed by atoms with Crippen molar-refractivity contribution in [3.05, 3.63) is 83.1 Å². The van der Waals surface area contributed by atoms with Gasteiger partial charge in [-0.15, -0.1) is 0 Å². The van der Waals surface area contributed by atoms with Crippen LogP contribution in [-0.2, 0) is 24.4 Å². The lowest BCUT2D eigenvalue weighted by atomic mass is 9.75. The minimum Gasteiger partial charge on any atom is -0.478 e. The molecule has 0 saturated heterocycles. The Balaban J connectivity index is 1.24. The first-order valence-electron chi connectivity index (χ1n) is 15.1. The zero-order valence-corrected chi connectivity index (χ0v) is 24.8. The van der Waals surface area contributed by atoms with E-state index in [4.69, 9.17) is 9.40 Å². The highest BCUT2D eigenvalue weighted by atomic mass is 16.4. The number of furan rings is 1. The number of carbonyl (C=O) groups is 2. The van der Waals surface area contributed by atoms with Crippen molar-refractivity contribution >= 4 is 39.9 Å². The highest BCUT2D eigenvalue weighted by molar-refractivity contribution is 6.01. The number of aryl methyl sites for hydroxylation is 2. The van der Waals surface area contributed by atoms with Gasteiger partial charge in [-0.3, -0.25) is 4.79 Å². The smallest absolute Gasteiger partial charge is 0.331 e. The van der Waals surface area contributed by atoms with Gasteiger partial charge in [-0.05, 0) is 92.5 Å². The zero-order chi connectivity index (χ0) is 29.9. The molecule has 1 amide bonds. The second-order valence-electron chi connectivity index (χ2n) is 12.3. The van der Waals surface area contributed by atoms with E-state index in [2.05, 4.69) is 23.0 Å². The summed E-state index contributed by atoms with van der Waals surface area (Å²) in [5.74, 6) is 0.280. The van der Waals surface area contributed by atoms with Gasteiger partial charge in [0.1, 0.15) is 5.82 Å². The fraction of sp³-hybridized carbons (Fsp3) is 0.343. The first-order chi connectivity index (χ1) is 20.8. The largest absolute Gasteiger partial charge is 0.478 e. The molecule has 5 aromatic rings. The molecule has 8 nitrogen and oxygen atoms in total. The SMILES string of the molecule is C/C(=C\c1ccc2nc(C3(NC(=O)c4ccc5c(C6CCCC6)c(-c6ccoc6)n(C)c5c4)CCC3)n(C)c2c1)C(=O)O. The minimum atomic E-state index is -0.942. The molecule has 2 fully saturated rings. The second-order valence-corrected chi connectivity index (χ2v) is 12.3. The number of hydrogen-bond acceptors (Lipinski definition) is 4. The summed E-state index contributed by atoms with van der Waals surface area (Å²) >= 11 is 0. The number of amides is 1. The van der Waals surface area contributed by atoms with Gasteiger partial charge in [-0.1, -0.05) is 25.0 Å². The van der Waals surface area contributed by atoms with Crippen molar-refractivity contribution in [2.45, 2.75) is 63.3 Å². The van der Waals surface area contributed by atoms with Crippen molar-refractivity contribution < 1.29 is 19.1 Å². The first kappa shape index (κ1) is 27.3. The first-order valence-corrected chi connectivity index (χ1v) is 15.1. The predicted molar refractivity (Wildman–Crippen MR) is 167 cm³/mol. The van der Waals surface area contributed by atoms with Gasteiger partial charge in [-0.2, -0.15) is 0 Å². The number of carbonyl (C=O) groups excluding carboxylic acids is 1. The number of carboxylic acid groups (broad SMARTS) is 1. The molecular weight excluding hydrogens is 540 g/mol. The van der Waals surface area contributed by atoms with E-state index in [1.807, 2.05) is 54.3 Å². The van der Waals surface area contributed by atoms with Crippen LogP contribution in [0, 0.1) is 0 Å². The van der Waals surface area contributed by atoms with Crippen LogP contribution in [0.25, 0.3) is 39.3 Å². The maximum Gasteiger partial charge on any atom is 0.331 e. The Kier molecular flexibility index (Phi) is 6.52. The van der Waals surface area contributed by atoms with Crippen LogP contribution in [0.2, 0.25) is 0 Å². The van der Waals surface area contributed by atoms with Crippen molar-refractivity contribution in [3.8, 4) is 11.3 Å². The van der Waals surface area contributed by atoms with Crippen molar-refractivity contribution in [1.29, 1.82) is 0 Å². The van der Waals surface area contributed by atoms with Crippen LogP contribution in [0.5, 0.6) is 0 Å². The van der Waals surface area contributed by atoms with Crippen LogP contribution >= 0.6 is 0 Å². The normalized spacial score (nSPS) is 17.0. The van der Waals surface area contributed by atoms with Crippen molar-refractivity contribution in [2.75, 3.05) is 0 Å². The van der Waals surface area contributed by atoms with Crippen molar-refractivity contribution in [2.24, 2.45) is 14.1 Å². The summed E-state index contributed by atoms with van der Waals surface area (Å²) in [5.41, 5.74) is 7.53. The highest BCUT2D eigenvalue weighted by Gasteiger charge is 2.44. The van der Waals surface area contributed by atoms with E-state index in [0.717, 1.165) is 52.8 Å². The Hall–Kier alpha value is -4.59. The van der Waals surface area contributed by atoms with Crippen LogP contribution in [0.15, 0.2) is 65.0 Å². The molecular formula is C35H36N4O4. The molecule has 3 heterocycles.